The largest absolute Gasteiger partial charge is 0.492 e. The van der Waals surface area contributed by atoms with E-state index in [1.165, 1.54) is 5.56 Å². The molecule has 16 heavy (non-hydrogen) atoms. The van der Waals surface area contributed by atoms with Crippen molar-refractivity contribution in [3.63, 3.8) is 0 Å². The van der Waals surface area contributed by atoms with Gasteiger partial charge in [-0.15, -0.1) is 0 Å². The van der Waals surface area contributed by atoms with Crippen LogP contribution in [0.15, 0.2) is 24.3 Å². The van der Waals surface area contributed by atoms with Gasteiger partial charge in [0.25, 0.3) is 0 Å². The molecule has 90 valence electrons. The average Bonchev–Trinajstić information content (AvgIpc) is 2.29. The number of aryl methyl sites for hydroxylation is 1. The zero-order valence-corrected chi connectivity index (χ0v) is 10.1. The monoisotopic (exact) mass is 223 g/mol. The van der Waals surface area contributed by atoms with Crippen molar-refractivity contribution in [1.82, 2.24) is 4.90 Å². The fourth-order valence-electron chi connectivity index (χ4n) is 1.48. The summed E-state index contributed by atoms with van der Waals surface area (Å²) in [5.74, 6) is 0.957. The van der Waals surface area contributed by atoms with Crippen molar-refractivity contribution < 1.29 is 9.84 Å². The van der Waals surface area contributed by atoms with Crippen molar-refractivity contribution in [2.24, 2.45) is 0 Å². The van der Waals surface area contributed by atoms with Gasteiger partial charge in [-0.25, -0.2) is 0 Å². The molecule has 1 aromatic carbocycles. The molecule has 0 spiro atoms. The minimum Gasteiger partial charge on any atom is -0.492 e. The highest BCUT2D eigenvalue weighted by molar-refractivity contribution is 5.31. The van der Waals surface area contributed by atoms with Crippen LogP contribution in [0.1, 0.15) is 12.0 Å². The van der Waals surface area contributed by atoms with E-state index < -0.39 is 0 Å². The van der Waals surface area contributed by atoms with Crippen molar-refractivity contribution in [3.05, 3.63) is 29.8 Å². The predicted molar refractivity (Wildman–Crippen MR) is 65.9 cm³/mol. The van der Waals surface area contributed by atoms with E-state index in [0.717, 1.165) is 25.3 Å². The maximum Gasteiger partial charge on any atom is 0.122 e. The minimum atomic E-state index is 0.253. The Balaban J connectivity index is 2.23. The summed E-state index contributed by atoms with van der Waals surface area (Å²) in [5, 5.41) is 8.70. The van der Waals surface area contributed by atoms with Crippen LogP contribution in [-0.2, 0) is 0 Å². The van der Waals surface area contributed by atoms with Crippen LogP contribution in [0.25, 0.3) is 0 Å². The summed E-state index contributed by atoms with van der Waals surface area (Å²) in [5.41, 5.74) is 1.17. The van der Waals surface area contributed by atoms with Crippen molar-refractivity contribution in [1.29, 1.82) is 0 Å². The van der Waals surface area contributed by atoms with E-state index >= 15 is 0 Å². The van der Waals surface area contributed by atoms with E-state index in [1.54, 1.807) is 0 Å². The Morgan fingerprint density at radius 1 is 1.25 bits per heavy atom. The van der Waals surface area contributed by atoms with Crippen LogP contribution in [0.4, 0.5) is 0 Å². The third kappa shape index (κ3) is 4.64. The Labute approximate surface area is 97.7 Å². The smallest absolute Gasteiger partial charge is 0.122 e. The Kier molecular flexibility index (Phi) is 5.90. The number of aliphatic hydroxyl groups is 1. The molecule has 0 radical (unpaired) electrons. The van der Waals surface area contributed by atoms with Crippen LogP contribution in [0.3, 0.4) is 0 Å². The van der Waals surface area contributed by atoms with Crippen molar-refractivity contribution in [3.8, 4) is 5.75 Å². The quantitative estimate of drug-likeness (QED) is 0.763. The molecule has 0 aliphatic heterocycles. The van der Waals surface area contributed by atoms with E-state index in [-0.39, 0.29) is 6.61 Å². The number of rotatable bonds is 7. The first-order chi connectivity index (χ1) is 7.74. The summed E-state index contributed by atoms with van der Waals surface area (Å²) in [6.45, 7) is 4.78. The molecule has 0 saturated carbocycles. The second kappa shape index (κ2) is 7.25. The molecule has 0 aliphatic carbocycles. The number of para-hydroxylation sites is 1. The van der Waals surface area contributed by atoms with Crippen molar-refractivity contribution in [2.75, 3.05) is 33.4 Å². The van der Waals surface area contributed by atoms with Crippen LogP contribution in [0.2, 0.25) is 0 Å². The Morgan fingerprint density at radius 3 is 2.69 bits per heavy atom. The molecule has 1 N–H and O–H groups in total. The van der Waals surface area contributed by atoms with Crippen LogP contribution >= 0.6 is 0 Å². The molecule has 0 saturated heterocycles. The molecule has 1 rings (SSSR count). The summed E-state index contributed by atoms with van der Waals surface area (Å²) < 4.78 is 5.68. The molecular formula is C13H21NO2. The van der Waals surface area contributed by atoms with Gasteiger partial charge in [0, 0.05) is 19.7 Å². The second-order valence-electron chi connectivity index (χ2n) is 3.99. The fourth-order valence-corrected chi connectivity index (χ4v) is 1.48. The number of benzene rings is 1. The first-order valence-electron chi connectivity index (χ1n) is 5.72. The minimum absolute atomic E-state index is 0.253. The van der Waals surface area contributed by atoms with Gasteiger partial charge >= 0.3 is 0 Å². The normalized spacial score (nSPS) is 10.8. The third-order valence-electron chi connectivity index (χ3n) is 2.52. The third-order valence-corrected chi connectivity index (χ3v) is 2.52. The van der Waals surface area contributed by atoms with Crippen LogP contribution in [0.5, 0.6) is 5.75 Å². The fraction of sp³-hybridized carbons (Fsp3) is 0.538. The number of aliphatic hydroxyl groups excluding tert-OH is 1. The average molecular weight is 223 g/mol. The number of hydrogen-bond acceptors (Lipinski definition) is 3. The molecule has 3 heteroatoms. The highest BCUT2D eigenvalue weighted by Crippen LogP contribution is 2.15. The topological polar surface area (TPSA) is 32.7 Å². The molecule has 1 aromatic rings. The van der Waals surface area contributed by atoms with E-state index in [0.29, 0.717) is 6.61 Å². The number of nitrogens with zero attached hydrogens (tertiary/aromatic N) is 1. The zero-order chi connectivity index (χ0) is 11.8. The van der Waals surface area contributed by atoms with E-state index in [4.69, 9.17) is 9.84 Å². The van der Waals surface area contributed by atoms with Gasteiger partial charge in [-0.2, -0.15) is 0 Å². The van der Waals surface area contributed by atoms with E-state index in [1.807, 2.05) is 38.2 Å². The molecule has 0 aliphatic rings. The van der Waals surface area contributed by atoms with E-state index in [9.17, 15) is 0 Å². The summed E-state index contributed by atoms with van der Waals surface area (Å²) in [4.78, 5) is 2.16. The van der Waals surface area contributed by atoms with Gasteiger partial charge in [0.15, 0.2) is 0 Å². The maximum absolute atomic E-state index is 8.70. The Hall–Kier alpha value is -1.06. The molecular weight excluding hydrogens is 202 g/mol. The lowest BCUT2D eigenvalue weighted by Crippen LogP contribution is -2.25. The number of ether oxygens (including phenoxy) is 1. The van der Waals surface area contributed by atoms with Crippen LogP contribution in [0, 0.1) is 6.92 Å². The first-order valence-corrected chi connectivity index (χ1v) is 5.72. The molecule has 3 nitrogen and oxygen atoms in total. The molecule has 0 fully saturated rings. The summed E-state index contributed by atoms with van der Waals surface area (Å²) in [6.07, 6.45) is 0.820. The first kappa shape index (κ1) is 13.0. The lowest BCUT2D eigenvalue weighted by molar-refractivity contribution is 0.213. The molecule has 0 heterocycles. The maximum atomic E-state index is 8.70. The van der Waals surface area contributed by atoms with Gasteiger partial charge in [-0.1, -0.05) is 18.2 Å². The van der Waals surface area contributed by atoms with Gasteiger partial charge in [0.1, 0.15) is 12.4 Å². The lowest BCUT2D eigenvalue weighted by Gasteiger charge is -2.16. The molecule has 0 aromatic heterocycles. The van der Waals surface area contributed by atoms with Gasteiger partial charge in [-0.05, 0) is 32.0 Å². The predicted octanol–water partition coefficient (Wildman–Crippen LogP) is 1.69. The van der Waals surface area contributed by atoms with Crippen molar-refractivity contribution in [2.45, 2.75) is 13.3 Å². The number of hydrogen-bond donors (Lipinski definition) is 1. The van der Waals surface area contributed by atoms with E-state index in [2.05, 4.69) is 4.90 Å². The molecule has 0 amide bonds. The Bertz CT molecular complexity index is 302. The highest BCUT2D eigenvalue weighted by Gasteiger charge is 2.00. The second-order valence-corrected chi connectivity index (χ2v) is 3.99. The highest BCUT2D eigenvalue weighted by atomic mass is 16.5. The SMILES string of the molecule is Cc1ccccc1OCCN(C)CCCO. The molecule has 0 unspecified atom stereocenters. The summed E-state index contributed by atoms with van der Waals surface area (Å²) in [7, 11) is 2.04. The Morgan fingerprint density at radius 2 is 2.00 bits per heavy atom. The van der Waals surface area contributed by atoms with Gasteiger partial charge in [-0.3, -0.25) is 0 Å². The zero-order valence-electron chi connectivity index (χ0n) is 10.1. The van der Waals surface area contributed by atoms with Gasteiger partial charge in [0.05, 0.1) is 0 Å². The lowest BCUT2D eigenvalue weighted by atomic mass is 10.2. The number of likely N-dealkylation sites (N-methyl/N-ethyl adjacent to an activating group) is 1. The van der Waals surface area contributed by atoms with Crippen molar-refractivity contribution >= 4 is 0 Å². The standard InChI is InChI=1S/C13H21NO2/c1-12-6-3-4-7-13(12)16-11-9-14(2)8-5-10-15/h3-4,6-7,15H,5,8-11H2,1-2H3. The van der Waals surface area contributed by atoms with Crippen LogP contribution < -0.4 is 4.74 Å². The molecule has 0 bridgehead atoms. The van der Waals surface area contributed by atoms with Crippen LogP contribution in [-0.4, -0.2) is 43.4 Å². The van der Waals surface area contributed by atoms with Gasteiger partial charge < -0.3 is 14.7 Å². The van der Waals surface area contributed by atoms with Gasteiger partial charge in [0.2, 0.25) is 0 Å². The summed E-state index contributed by atoms with van der Waals surface area (Å²) >= 11 is 0. The molecule has 0 atom stereocenters. The summed E-state index contributed by atoms with van der Waals surface area (Å²) in [6, 6.07) is 8.03.